The van der Waals surface area contributed by atoms with Crippen molar-refractivity contribution < 1.29 is 14.3 Å². The third-order valence-corrected chi connectivity index (χ3v) is 4.79. The minimum atomic E-state index is 0.0940. The summed E-state index contributed by atoms with van der Waals surface area (Å²) in [5, 5.41) is 0. The molecular formula is C20H22N2O3. The largest absolute Gasteiger partial charge is 0.454 e. The van der Waals surface area contributed by atoms with Gasteiger partial charge in [-0.15, -0.1) is 0 Å². The smallest absolute Gasteiger partial charge is 0.231 e. The Bertz CT molecular complexity index is 819. The van der Waals surface area contributed by atoms with Gasteiger partial charge in [0.1, 0.15) is 0 Å². The summed E-state index contributed by atoms with van der Waals surface area (Å²) in [5.41, 5.74) is 4.88. The van der Waals surface area contributed by atoms with Gasteiger partial charge in [0.25, 0.3) is 0 Å². The van der Waals surface area contributed by atoms with E-state index in [1.54, 1.807) is 4.90 Å². The molecule has 2 heterocycles. The third kappa shape index (κ3) is 3.33. The fraction of sp³-hybridized carbons (Fsp3) is 0.350. The van der Waals surface area contributed by atoms with E-state index in [1.807, 2.05) is 25.2 Å². The SMILES string of the molecule is CN1Cc2ccc(CN(C)C(=O)Cc3ccc4c(c3)OCO4)cc2C1. The lowest BCUT2D eigenvalue weighted by Gasteiger charge is -2.18. The monoisotopic (exact) mass is 338 g/mol. The molecule has 0 saturated carbocycles. The van der Waals surface area contributed by atoms with Gasteiger partial charge in [-0.25, -0.2) is 0 Å². The van der Waals surface area contributed by atoms with E-state index in [-0.39, 0.29) is 12.7 Å². The molecule has 2 aromatic rings. The molecule has 2 aromatic carbocycles. The number of amides is 1. The Morgan fingerprint density at radius 2 is 1.80 bits per heavy atom. The van der Waals surface area contributed by atoms with Gasteiger partial charge in [-0.3, -0.25) is 9.69 Å². The van der Waals surface area contributed by atoms with Crippen LogP contribution in [0.4, 0.5) is 0 Å². The van der Waals surface area contributed by atoms with Crippen LogP contribution in [0.3, 0.4) is 0 Å². The lowest BCUT2D eigenvalue weighted by molar-refractivity contribution is -0.129. The molecule has 0 saturated heterocycles. The van der Waals surface area contributed by atoms with E-state index >= 15 is 0 Å². The zero-order valence-electron chi connectivity index (χ0n) is 14.6. The first-order chi connectivity index (χ1) is 12.1. The zero-order valence-corrected chi connectivity index (χ0v) is 14.6. The van der Waals surface area contributed by atoms with Crippen LogP contribution in [-0.4, -0.2) is 36.6 Å². The van der Waals surface area contributed by atoms with Crippen LogP contribution in [-0.2, 0) is 30.8 Å². The van der Waals surface area contributed by atoms with E-state index < -0.39 is 0 Å². The minimum Gasteiger partial charge on any atom is -0.454 e. The minimum absolute atomic E-state index is 0.0940. The molecule has 0 N–H and O–H groups in total. The van der Waals surface area contributed by atoms with Gasteiger partial charge in [0, 0.05) is 26.7 Å². The van der Waals surface area contributed by atoms with Gasteiger partial charge >= 0.3 is 0 Å². The molecule has 0 bridgehead atoms. The first-order valence-electron chi connectivity index (χ1n) is 8.50. The number of likely N-dealkylation sites (N-methyl/N-ethyl adjacent to an activating group) is 1. The summed E-state index contributed by atoms with van der Waals surface area (Å²) >= 11 is 0. The Morgan fingerprint density at radius 3 is 2.68 bits per heavy atom. The van der Waals surface area contributed by atoms with Crippen LogP contribution in [0.5, 0.6) is 11.5 Å². The number of carbonyl (C=O) groups is 1. The maximum Gasteiger partial charge on any atom is 0.231 e. The highest BCUT2D eigenvalue weighted by Gasteiger charge is 2.18. The summed E-state index contributed by atoms with van der Waals surface area (Å²) in [7, 11) is 3.98. The number of nitrogens with zero attached hydrogens (tertiary/aromatic N) is 2. The molecule has 0 aromatic heterocycles. The Labute approximate surface area is 147 Å². The van der Waals surface area contributed by atoms with Gasteiger partial charge in [-0.1, -0.05) is 24.3 Å². The average molecular weight is 338 g/mol. The molecule has 0 radical (unpaired) electrons. The van der Waals surface area contributed by atoms with Crippen LogP contribution in [0.15, 0.2) is 36.4 Å². The number of hydrogen-bond acceptors (Lipinski definition) is 4. The molecule has 130 valence electrons. The van der Waals surface area contributed by atoms with E-state index in [2.05, 4.69) is 30.1 Å². The van der Waals surface area contributed by atoms with Crippen molar-refractivity contribution in [2.45, 2.75) is 26.1 Å². The van der Waals surface area contributed by atoms with Crippen LogP contribution < -0.4 is 9.47 Å². The van der Waals surface area contributed by atoms with E-state index in [1.165, 1.54) is 16.7 Å². The second-order valence-electron chi connectivity index (χ2n) is 6.89. The second-order valence-corrected chi connectivity index (χ2v) is 6.89. The Kier molecular flexibility index (Phi) is 4.09. The molecule has 0 atom stereocenters. The maximum absolute atomic E-state index is 12.5. The highest BCUT2D eigenvalue weighted by molar-refractivity contribution is 5.78. The summed E-state index contributed by atoms with van der Waals surface area (Å²) in [5.74, 6) is 1.56. The van der Waals surface area contributed by atoms with E-state index in [4.69, 9.17) is 9.47 Å². The molecule has 25 heavy (non-hydrogen) atoms. The normalized spacial score (nSPS) is 15.3. The topological polar surface area (TPSA) is 42.0 Å². The van der Waals surface area contributed by atoms with Gasteiger partial charge in [0.05, 0.1) is 6.42 Å². The highest BCUT2D eigenvalue weighted by atomic mass is 16.7. The molecule has 0 fully saturated rings. The van der Waals surface area contributed by atoms with Crippen LogP contribution in [0.1, 0.15) is 22.3 Å². The van der Waals surface area contributed by atoms with Crippen LogP contribution in [0.25, 0.3) is 0 Å². The molecule has 1 amide bonds. The number of benzene rings is 2. The molecular weight excluding hydrogens is 316 g/mol. The number of rotatable bonds is 4. The average Bonchev–Trinajstić information content (AvgIpc) is 3.19. The van der Waals surface area contributed by atoms with Gasteiger partial charge in [-0.2, -0.15) is 0 Å². The predicted molar refractivity (Wildman–Crippen MR) is 94.4 cm³/mol. The van der Waals surface area contributed by atoms with E-state index in [0.29, 0.717) is 13.0 Å². The van der Waals surface area contributed by atoms with Gasteiger partial charge in [0.15, 0.2) is 11.5 Å². The van der Waals surface area contributed by atoms with Crippen molar-refractivity contribution in [1.82, 2.24) is 9.80 Å². The highest BCUT2D eigenvalue weighted by Crippen LogP contribution is 2.32. The maximum atomic E-state index is 12.5. The van der Waals surface area contributed by atoms with Crippen LogP contribution in [0.2, 0.25) is 0 Å². The molecule has 0 aliphatic carbocycles. The van der Waals surface area contributed by atoms with Crippen molar-refractivity contribution in [2.24, 2.45) is 0 Å². The quantitative estimate of drug-likeness (QED) is 0.859. The Morgan fingerprint density at radius 1 is 1.04 bits per heavy atom. The second kappa shape index (κ2) is 6.41. The number of fused-ring (bicyclic) bond motifs is 2. The predicted octanol–water partition coefficient (Wildman–Crippen LogP) is 2.56. The lowest BCUT2D eigenvalue weighted by atomic mass is 10.1. The van der Waals surface area contributed by atoms with Crippen molar-refractivity contribution in [3.63, 3.8) is 0 Å². The summed E-state index contributed by atoms with van der Waals surface area (Å²) in [4.78, 5) is 16.6. The standard InChI is InChI=1S/C20H22N2O3/c1-21-11-16-5-3-15(7-17(16)12-21)10-22(2)20(23)9-14-4-6-18-19(8-14)25-13-24-18/h3-8H,9-13H2,1-2H3. The molecule has 5 heteroatoms. The van der Waals surface area contributed by atoms with Crippen molar-refractivity contribution in [2.75, 3.05) is 20.9 Å². The van der Waals surface area contributed by atoms with Crippen molar-refractivity contribution in [3.05, 3.63) is 58.7 Å². The van der Waals surface area contributed by atoms with Gasteiger partial charge in [0.2, 0.25) is 12.7 Å². The van der Waals surface area contributed by atoms with Crippen LogP contribution in [0, 0.1) is 0 Å². The number of hydrogen-bond donors (Lipinski definition) is 0. The van der Waals surface area contributed by atoms with Crippen molar-refractivity contribution >= 4 is 5.91 Å². The fourth-order valence-corrected chi connectivity index (χ4v) is 3.44. The summed E-state index contributed by atoms with van der Waals surface area (Å²) < 4.78 is 10.7. The van der Waals surface area contributed by atoms with Crippen molar-refractivity contribution in [1.29, 1.82) is 0 Å². The van der Waals surface area contributed by atoms with Gasteiger partial charge in [-0.05, 0) is 41.4 Å². The van der Waals surface area contributed by atoms with Gasteiger partial charge < -0.3 is 14.4 Å². The molecule has 4 rings (SSSR count). The summed E-state index contributed by atoms with van der Waals surface area (Å²) in [6.45, 7) is 2.87. The van der Waals surface area contributed by atoms with E-state index in [9.17, 15) is 4.79 Å². The molecule has 2 aliphatic heterocycles. The first kappa shape index (κ1) is 16.0. The number of ether oxygens (including phenoxy) is 2. The molecule has 5 nitrogen and oxygen atoms in total. The summed E-state index contributed by atoms with van der Waals surface area (Å²) in [6.07, 6.45) is 0.362. The molecule has 0 unspecified atom stereocenters. The fourth-order valence-electron chi connectivity index (χ4n) is 3.44. The van der Waals surface area contributed by atoms with Crippen molar-refractivity contribution in [3.8, 4) is 11.5 Å². The lowest BCUT2D eigenvalue weighted by Crippen LogP contribution is -2.27. The Hall–Kier alpha value is -2.53. The first-order valence-corrected chi connectivity index (χ1v) is 8.50. The molecule has 2 aliphatic rings. The third-order valence-electron chi connectivity index (χ3n) is 4.79. The molecule has 0 spiro atoms. The number of carbonyl (C=O) groups excluding carboxylic acids is 1. The summed E-state index contributed by atoms with van der Waals surface area (Å²) in [6, 6.07) is 12.2. The van der Waals surface area contributed by atoms with Crippen LogP contribution >= 0.6 is 0 Å². The van der Waals surface area contributed by atoms with E-state index in [0.717, 1.165) is 30.2 Å². The zero-order chi connectivity index (χ0) is 17.4. The Balaban J connectivity index is 1.40.